The van der Waals surface area contributed by atoms with Gasteiger partial charge in [0.25, 0.3) is 0 Å². The van der Waals surface area contributed by atoms with E-state index >= 15 is 0 Å². The van der Waals surface area contributed by atoms with Crippen molar-refractivity contribution in [1.82, 2.24) is 5.32 Å². The number of rotatable bonds is 5. The highest BCUT2D eigenvalue weighted by Crippen LogP contribution is 2.47. The molecule has 2 fully saturated rings. The lowest BCUT2D eigenvalue weighted by Gasteiger charge is -2.21. The van der Waals surface area contributed by atoms with Crippen LogP contribution < -0.4 is 10.1 Å². The summed E-state index contributed by atoms with van der Waals surface area (Å²) in [5.41, 5.74) is -0.260. The number of hydrogen-bond donors (Lipinski definition) is 2. The number of halogens is 3. The molecule has 1 amide bonds. The fourth-order valence-corrected chi connectivity index (χ4v) is 3.22. The maximum atomic E-state index is 12.5. The first-order valence-corrected chi connectivity index (χ1v) is 8.16. The third-order valence-electron chi connectivity index (χ3n) is 4.68. The van der Waals surface area contributed by atoms with Crippen LogP contribution in [-0.4, -0.2) is 35.6 Å². The van der Waals surface area contributed by atoms with E-state index in [1.165, 1.54) is 18.2 Å². The van der Waals surface area contributed by atoms with Crippen LogP contribution in [0.5, 0.6) is 5.75 Å². The molecule has 0 unspecified atom stereocenters. The number of ether oxygens (including phenoxy) is 2. The summed E-state index contributed by atoms with van der Waals surface area (Å²) in [6.07, 6.45) is -5.31. The summed E-state index contributed by atoms with van der Waals surface area (Å²) in [4.78, 5) is 23.5. The molecule has 26 heavy (non-hydrogen) atoms. The summed E-state index contributed by atoms with van der Waals surface area (Å²) < 4.78 is 46.4. The number of carbonyl (C=O) groups is 2. The molecule has 0 spiro atoms. The van der Waals surface area contributed by atoms with E-state index in [1.54, 1.807) is 13.0 Å². The summed E-state index contributed by atoms with van der Waals surface area (Å²) in [6, 6.07) is 5.49. The second-order valence-corrected chi connectivity index (χ2v) is 6.74. The van der Waals surface area contributed by atoms with Gasteiger partial charge in [-0.15, -0.1) is 13.2 Å². The first-order chi connectivity index (χ1) is 12.1. The number of benzene rings is 1. The Morgan fingerprint density at radius 2 is 2.04 bits per heavy atom. The molecule has 0 aromatic heterocycles. The largest absolute Gasteiger partial charge is 0.573 e. The van der Waals surface area contributed by atoms with Crippen molar-refractivity contribution in [3.8, 4) is 5.75 Å². The molecule has 1 aromatic carbocycles. The second kappa shape index (κ2) is 6.46. The SMILES string of the molecule is C[C@@H]1C[C@H](C(=O)NC2(c3cccc(OC(F)(F)F)c3)CC2)O[C@H]1C(=O)O. The van der Waals surface area contributed by atoms with Crippen molar-refractivity contribution in [2.45, 2.75) is 50.3 Å². The van der Waals surface area contributed by atoms with Crippen molar-refractivity contribution in [1.29, 1.82) is 0 Å². The van der Waals surface area contributed by atoms with Crippen LogP contribution in [0, 0.1) is 5.92 Å². The van der Waals surface area contributed by atoms with Crippen LogP contribution in [0.3, 0.4) is 0 Å². The highest BCUT2D eigenvalue weighted by molar-refractivity contribution is 5.84. The summed E-state index contributed by atoms with van der Waals surface area (Å²) >= 11 is 0. The fourth-order valence-electron chi connectivity index (χ4n) is 3.22. The van der Waals surface area contributed by atoms with Crippen LogP contribution >= 0.6 is 0 Å². The van der Waals surface area contributed by atoms with Gasteiger partial charge in [0.15, 0.2) is 6.10 Å². The van der Waals surface area contributed by atoms with Crippen LogP contribution in [-0.2, 0) is 19.9 Å². The predicted molar refractivity (Wildman–Crippen MR) is 82.3 cm³/mol. The van der Waals surface area contributed by atoms with E-state index in [0.29, 0.717) is 18.4 Å². The summed E-state index contributed by atoms with van der Waals surface area (Å²) in [6.45, 7) is 1.69. The van der Waals surface area contributed by atoms with Gasteiger partial charge in [-0.2, -0.15) is 0 Å². The number of carboxylic acids is 1. The van der Waals surface area contributed by atoms with Crippen molar-refractivity contribution in [3.05, 3.63) is 29.8 Å². The zero-order valence-electron chi connectivity index (χ0n) is 13.9. The number of carboxylic acid groups (broad SMARTS) is 1. The van der Waals surface area contributed by atoms with Gasteiger partial charge in [0.05, 0.1) is 5.54 Å². The van der Waals surface area contributed by atoms with Gasteiger partial charge in [0, 0.05) is 0 Å². The lowest BCUT2D eigenvalue weighted by molar-refractivity contribution is -0.274. The zero-order chi connectivity index (χ0) is 19.1. The third-order valence-corrected chi connectivity index (χ3v) is 4.68. The van der Waals surface area contributed by atoms with Gasteiger partial charge in [-0.05, 0) is 42.9 Å². The zero-order valence-corrected chi connectivity index (χ0v) is 13.9. The maximum absolute atomic E-state index is 12.5. The lowest BCUT2D eigenvalue weighted by atomic mass is 10.0. The summed E-state index contributed by atoms with van der Waals surface area (Å²) in [7, 11) is 0. The molecule has 3 rings (SSSR count). The van der Waals surface area contributed by atoms with Gasteiger partial charge >= 0.3 is 12.3 Å². The van der Waals surface area contributed by atoms with E-state index in [4.69, 9.17) is 9.84 Å². The highest BCUT2D eigenvalue weighted by atomic mass is 19.4. The lowest BCUT2D eigenvalue weighted by Crippen LogP contribution is -2.42. The minimum atomic E-state index is -4.79. The minimum absolute atomic E-state index is 0.274. The molecule has 1 saturated carbocycles. The van der Waals surface area contributed by atoms with Gasteiger partial charge in [-0.3, -0.25) is 4.79 Å². The van der Waals surface area contributed by atoms with E-state index < -0.39 is 36.0 Å². The fraction of sp³-hybridized carbons (Fsp3) is 0.529. The quantitative estimate of drug-likeness (QED) is 0.829. The minimum Gasteiger partial charge on any atom is -0.479 e. The molecule has 1 aliphatic carbocycles. The van der Waals surface area contributed by atoms with Crippen LogP contribution in [0.25, 0.3) is 0 Å². The van der Waals surface area contributed by atoms with Gasteiger partial charge < -0.3 is 19.9 Å². The van der Waals surface area contributed by atoms with Crippen molar-refractivity contribution in [3.63, 3.8) is 0 Å². The van der Waals surface area contributed by atoms with Crippen molar-refractivity contribution in [2.75, 3.05) is 0 Å². The van der Waals surface area contributed by atoms with E-state index in [1.807, 2.05) is 0 Å². The highest BCUT2D eigenvalue weighted by Gasteiger charge is 2.49. The molecule has 0 bridgehead atoms. The van der Waals surface area contributed by atoms with E-state index in [-0.39, 0.29) is 18.1 Å². The maximum Gasteiger partial charge on any atom is 0.573 e. The molecule has 1 saturated heterocycles. The molecule has 0 radical (unpaired) electrons. The Labute approximate surface area is 147 Å². The van der Waals surface area contributed by atoms with Gasteiger partial charge in [0.1, 0.15) is 11.9 Å². The Morgan fingerprint density at radius 3 is 2.58 bits per heavy atom. The van der Waals surface area contributed by atoms with E-state index in [9.17, 15) is 22.8 Å². The van der Waals surface area contributed by atoms with Gasteiger partial charge in [-0.25, -0.2) is 4.79 Å². The number of aliphatic carboxylic acids is 1. The molecule has 6 nitrogen and oxygen atoms in total. The summed E-state index contributed by atoms with van der Waals surface area (Å²) in [5, 5.41) is 11.9. The normalized spacial score (nSPS) is 27.0. The Morgan fingerprint density at radius 1 is 1.35 bits per heavy atom. The molecule has 3 atom stereocenters. The van der Waals surface area contributed by atoms with Gasteiger partial charge in [-0.1, -0.05) is 19.1 Å². The molecule has 1 aromatic rings. The molecule has 9 heteroatoms. The van der Waals surface area contributed by atoms with Gasteiger partial charge in [0.2, 0.25) is 5.91 Å². The number of carbonyl (C=O) groups excluding carboxylic acids is 1. The Balaban J connectivity index is 1.69. The van der Waals surface area contributed by atoms with E-state index in [2.05, 4.69) is 10.1 Å². The van der Waals surface area contributed by atoms with Crippen molar-refractivity contribution < 1.29 is 37.3 Å². The molecule has 1 aliphatic heterocycles. The average molecular weight is 373 g/mol. The Hall–Kier alpha value is -2.29. The number of hydrogen-bond acceptors (Lipinski definition) is 4. The smallest absolute Gasteiger partial charge is 0.479 e. The Bertz CT molecular complexity index is 717. The number of nitrogens with one attached hydrogen (secondary N) is 1. The van der Waals surface area contributed by atoms with Crippen LogP contribution in [0.15, 0.2) is 24.3 Å². The van der Waals surface area contributed by atoms with Crippen LogP contribution in [0.1, 0.15) is 31.7 Å². The Kier molecular flexibility index (Phi) is 4.60. The predicted octanol–water partition coefficient (Wildman–Crippen LogP) is 2.57. The molecule has 142 valence electrons. The number of alkyl halides is 3. The molecule has 2 aliphatic rings. The molecular formula is C17H18F3NO5. The topological polar surface area (TPSA) is 84.9 Å². The third kappa shape index (κ3) is 3.92. The molecule has 2 N–H and O–H groups in total. The first-order valence-electron chi connectivity index (χ1n) is 8.16. The standard InChI is InChI=1S/C17H18F3NO5/c1-9-7-12(25-13(9)15(23)24)14(22)21-16(5-6-16)10-3-2-4-11(8-10)26-17(18,19)20/h2-4,8-9,12-13H,5-7H2,1H3,(H,21,22)(H,23,24)/t9-,12-,13-/m1/s1. The number of amides is 1. The monoisotopic (exact) mass is 373 g/mol. The van der Waals surface area contributed by atoms with Crippen LogP contribution in [0.2, 0.25) is 0 Å². The first kappa shape index (κ1) is 18.5. The molecule has 1 heterocycles. The second-order valence-electron chi connectivity index (χ2n) is 6.74. The van der Waals surface area contributed by atoms with Crippen LogP contribution in [0.4, 0.5) is 13.2 Å². The van der Waals surface area contributed by atoms with Crippen molar-refractivity contribution >= 4 is 11.9 Å². The average Bonchev–Trinajstić information content (AvgIpc) is 3.19. The van der Waals surface area contributed by atoms with Crippen molar-refractivity contribution in [2.24, 2.45) is 5.92 Å². The van der Waals surface area contributed by atoms with E-state index in [0.717, 1.165) is 0 Å². The molecular weight excluding hydrogens is 355 g/mol. The summed E-state index contributed by atoms with van der Waals surface area (Å²) in [5.74, 6) is -2.24.